The van der Waals surface area contributed by atoms with Gasteiger partial charge in [0.1, 0.15) is 17.4 Å². The molecule has 2 aromatic carbocycles. The Labute approximate surface area is 137 Å². The highest BCUT2D eigenvalue weighted by Gasteiger charge is 2.15. The largest absolute Gasteiger partial charge is 0.434 e. The maximum Gasteiger partial charge on any atom is 0.387 e. The summed E-state index contributed by atoms with van der Waals surface area (Å²) in [7, 11) is 0. The number of carbonyl (C=O) groups is 1. The van der Waals surface area contributed by atoms with E-state index in [0.717, 1.165) is 5.39 Å². The van der Waals surface area contributed by atoms with E-state index >= 15 is 0 Å². The Bertz CT molecular complexity index is 839. The molecule has 0 bridgehead atoms. The standard InChI is InChI=1S/C18H14F2N2O2/c1-2-9-22-17(23)13(11-21)10-15-14-6-4-3-5-12(14)7-8-16(15)24-18(19)20/h2-8,10,18H,1,9H2,(H,22,23)/b13-10+. The number of alkyl halides is 2. The van der Waals surface area contributed by atoms with Crippen molar-refractivity contribution in [2.45, 2.75) is 6.61 Å². The van der Waals surface area contributed by atoms with Gasteiger partial charge in [-0.05, 0) is 22.9 Å². The smallest absolute Gasteiger partial charge is 0.387 e. The summed E-state index contributed by atoms with van der Waals surface area (Å²) in [5.41, 5.74) is 0.0334. The quantitative estimate of drug-likeness (QED) is 0.500. The third-order valence-electron chi connectivity index (χ3n) is 3.21. The fourth-order valence-corrected chi connectivity index (χ4v) is 2.18. The molecule has 0 saturated carbocycles. The Morgan fingerprint density at radius 1 is 1.33 bits per heavy atom. The van der Waals surface area contributed by atoms with Crippen LogP contribution in [0.5, 0.6) is 5.75 Å². The second-order valence-electron chi connectivity index (χ2n) is 4.75. The second kappa shape index (κ2) is 7.88. The second-order valence-corrected chi connectivity index (χ2v) is 4.75. The molecule has 0 radical (unpaired) electrons. The lowest BCUT2D eigenvalue weighted by atomic mass is 10.0. The van der Waals surface area contributed by atoms with Crippen LogP contribution in [0, 0.1) is 11.3 Å². The van der Waals surface area contributed by atoms with E-state index in [1.54, 1.807) is 36.4 Å². The number of rotatable bonds is 6. The first kappa shape index (κ1) is 17.2. The summed E-state index contributed by atoms with van der Waals surface area (Å²) in [4.78, 5) is 12.0. The summed E-state index contributed by atoms with van der Waals surface area (Å²) in [5.74, 6) is -0.721. The van der Waals surface area contributed by atoms with Crippen molar-refractivity contribution in [3.63, 3.8) is 0 Å². The molecule has 0 aliphatic rings. The van der Waals surface area contributed by atoms with E-state index in [9.17, 15) is 18.8 Å². The van der Waals surface area contributed by atoms with Crippen LogP contribution in [0.3, 0.4) is 0 Å². The molecule has 24 heavy (non-hydrogen) atoms. The van der Waals surface area contributed by atoms with Crippen molar-refractivity contribution in [2.75, 3.05) is 6.54 Å². The van der Waals surface area contributed by atoms with Crippen LogP contribution >= 0.6 is 0 Å². The van der Waals surface area contributed by atoms with Gasteiger partial charge in [0.05, 0.1) is 0 Å². The minimum Gasteiger partial charge on any atom is -0.434 e. The van der Waals surface area contributed by atoms with E-state index in [2.05, 4.69) is 16.6 Å². The molecule has 1 amide bonds. The number of nitrogens with zero attached hydrogens (tertiary/aromatic N) is 1. The molecule has 0 aromatic heterocycles. The topological polar surface area (TPSA) is 62.1 Å². The number of ether oxygens (including phenoxy) is 1. The molecule has 4 nitrogen and oxygen atoms in total. The van der Waals surface area contributed by atoms with Crippen LogP contribution in [-0.4, -0.2) is 19.1 Å². The van der Waals surface area contributed by atoms with Crippen molar-refractivity contribution < 1.29 is 18.3 Å². The number of carbonyl (C=O) groups excluding carboxylic acids is 1. The zero-order chi connectivity index (χ0) is 17.5. The first-order valence-electron chi connectivity index (χ1n) is 7.04. The van der Waals surface area contributed by atoms with Crippen molar-refractivity contribution in [1.82, 2.24) is 5.32 Å². The van der Waals surface area contributed by atoms with Gasteiger partial charge in [0, 0.05) is 12.1 Å². The van der Waals surface area contributed by atoms with Crippen molar-refractivity contribution in [2.24, 2.45) is 0 Å². The summed E-state index contributed by atoms with van der Waals surface area (Å²) in [6, 6.07) is 11.8. The number of nitriles is 1. The van der Waals surface area contributed by atoms with Crippen LogP contribution in [-0.2, 0) is 4.79 Å². The van der Waals surface area contributed by atoms with Gasteiger partial charge in [-0.15, -0.1) is 6.58 Å². The van der Waals surface area contributed by atoms with E-state index in [0.29, 0.717) is 5.39 Å². The minimum atomic E-state index is -3.02. The summed E-state index contributed by atoms with van der Waals surface area (Å²) in [6.45, 7) is 0.642. The minimum absolute atomic E-state index is 0.104. The van der Waals surface area contributed by atoms with Crippen LogP contribution < -0.4 is 10.1 Å². The van der Waals surface area contributed by atoms with Crippen LogP contribution in [0.4, 0.5) is 8.78 Å². The monoisotopic (exact) mass is 328 g/mol. The lowest BCUT2D eigenvalue weighted by Crippen LogP contribution is -2.24. The van der Waals surface area contributed by atoms with Crippen molar-refractivity contribution in [1.29, 1.82) is 5.26 Å². The molecule has 1 N–H and O–H groups in total. The fourth-order valence-electron chi connectivity index (χ4n) is 2.18. The Balaban J connectivity index is 2.58. The van der Waals surface area contributed by atoms with Crippen LogP contribution in [0.15, 0.2) is 54.6 Å². The molecular weight excluding hydrogens is 314 g/mol. The van der Waals surface area contributed by atoms with Gasteiger partial charge in [-0.25, -0.2) is 0 Å². The molecule has 0 fully saturated rings. The lowest BCUT2D eigenvalue weighted by molar-refractivity contribution is -0.116. The average Bonchev–Trinajstić information content (AvgIpc) is 2.58. The van der Waals surface area contributed by atoms with Gasteiger partial charge in [-0.2, -0.15) is 14.0 Å². The Morgan fingerprint density at radius 3 is 2.75 bits per heavy atom. The molecule has 2 aromatic rings. The van der Waals surface area contributed by atoms with Gasteiger partial charge < -0.3 is 10.1 Å². The number of hydrogen-bond donors (Lipinski definition) is 1. The number of benzene rings is 2. The summed E-state index contributed by atoms with van der Waals surface area (Å²) >= 11 is 0. The molecule has 0 aliphatic heterocycles. The maximum absolute atomic E-state index is 12.6. The van der Waals surface area contributed by atoms with Crippen molar-refractivity contribution in [3.05, 3.63) is 60.2 Å². The number of nitrogens with one attached hydrogen (secondary N) is 1. The summed E-state index contributed by atoms with van der Waals surface area (Å²) in [5, 5.41) is 13.1. The Kier molecular flexibility index (Phi) is 5.63. The highest BCUT2D eigenvalue weighted by molar-refractivity contribution is 6.05. The van der Waals surface area contributed by atoms with E-state index < -0.39 is 12.5 Å². The van der Waals surface area contributed by atoms with Crippen LogP contribution in [0.2, 0.25) is 0 Å². The average molecular weight is 328 g/mol. The first-order valence-corrected chi connectivity index (χ1v) is 7.04. The third-order valence-corrected chi connectivity index (χ3v) is 3.21. The number of hydrogen-bond acceptors (Lipinski definition) is 3. The number of halogens is 2. The molecule has 0 aliphatic carbocycles. The molecule has 122 valence electrons. The summed E-state index contributed by atoms with van der Waals surface area (Å²) < 4.78 is 29.8. The lowest BCUT2D eigenvalue weighted by Gasteiger charge is -2.11. The molecule has 6 heteroatoms. The van der Waals surface area contributed by atoms with Crippen LogP contribution in [0.1, 0.15) is 5.56 Å². The van der Waals surface area contributed by atoms with E-state index in [1.165, 1.54) is 18.2 Å². The molecule has 0 saturated heterocycles. The van der Waals surface area contributed by atoms with Crippen molar-refractivity contribution >= 4 is 22.8 Å². The molecule has 0 spiro atoms. The normalized spacial score (nSPS) is 11.2. The molecular formula is C18H14F2N2O2. The third kappa shape index (κ3) is 3.96. The van der Waals surface area contributed by atoms with Gasteiger partial charge >= 0.3 is 6.61 Å². The number of amides is 1. The highest BCUT2D eigenvalue weighted by Crippen LogP contribution is 2.31. The fraction of sp³-hybridized carbons (Fsp3) is 0.111. The zero-order valence-electron chi connectivity index (χ0n) is 12.6. The molecule has 0 unspecified atom stereocenters. The van der Waals surface area contributed by atoms with Crippen molar-refractivity contribution in [3.8, 4) is 11.8 Å². The van der Waals surface area contributed by atoms with Crippen LogP contribution in [0.25, 0.3) is 16.8 Å². The van der Waals surface area contributed by atoms with E-state index in [1.807, 2.05) is 0 Å². The maximum atomic E-state index is 12.6. The van der Waals surface area contributed by atoms with Gasteiger partial charge in [0.25, 0.3) is 5.91 Å². The zero-order valence-corrected chi connectivity index (χ0v) is 12.6. The van der Waals surface area contributed by atoms with E-state index in [-0.39, 0.29) is 23.4 Å². The predicted molar refractivity (Wildman–Crippen MR) is 87.4 cm³/mol. The summed E-state index contributed by atoms with van der Waals surface area (Å²) in [6.07, 6.45) is 2.72. The van der Waals surface area contributed by atoms with E-state index in [4.69, 9.17) is 0 Å². The number of fused-ring (bicyclic) bond motifs is 1. The molecule has 2 rings (SSSR count). The molecule has 0 heterocycles. The van der Waals surface area contributed by atoms with Gasteiger partial charge in [-0.3, -0.25) is 4.79 Å². The van der Waals surface area contributed by atoms with Gasteiger partial charge in [-0.1, -0.05) is 36.4 Å². The van der Waals surface area contributed by atoms with Gasteiger partial charge in [0.15, 0.2) is 0 Å². The SMILES string of the molecule is C=CCNC(=O)/C(C#N)=C/c1c(OC(F)F)ccc2ccccc12. The highest BCUT2D eigenvalue weighted by atomic mass is 19.3. The van der Waals surface area contributed by atoms with Gasteiger partial charge in [0.2, 0.25) is 0 Å². The predicted octanol–water partition coefficient (Wildman–Crippen LogP) is 3.65. The Morgan fingerprint density at radius 2 is 2.08 bits per heavy atom. The molecule has 0 atom stereocenters. The Hall–Kier alpha value is -3.20. The first-order chi connectivity index (χ1) is 11.6.